The fraction of sp³-hybridized carbons (Fsp3) is 0.235. The van der Waals surface area contributed by atoms with Gasteiger partial charge >= 0.3 is 0 Å². The van der Waals surface area contributed by atoms with Crippen LogP contribution in [0.15, 0.2) is 48.5 Å². The molecule has 1 atom stereocenters. The number of ether oxygens (including phenoxy) is 2. The van der Waals surface area contributed by atoms with Gasteiger partial charge in [0.1, 0.15) is 13.2 Å². The monoisotopic (exact) mass is 299 g/mol. The lowest BCUT2D eigenvalue weighted by atomic mass is 10.1. The number of carbonyl (C=O) groups excluding carboxylic acids is 1. The lowest BCUT2D eigenvalue weighted by Gasteiger charge is -2.20. The van der Waals surface area contributed by atoms with E-state index < -0.39 is 6.10 Å². The first-order valence-electron chi connectivity index (χ1n) is 7.15. The summed E-state index contributed by atoms with van der Waals surface area (Å²) in [5, 5.41) is 12.9. The Balaban J connectivity index is 1.62. The van der Waals surface area contributed by atoms with E-state index in [1.54, 1.807) is 42.5 Å². The Morgan fingerprint density at radius 2 is 1.82 bits per heavy atom. The third-order valence-corrected chi connectivity index (χ3v) is 3.44. The van der Waals surface area contributed by atoms with Crippen molar-refractivity contribution in [1.82, 2.24) is 5.32 Å². The Bertz CT molecular complexity index is 657. The maximum absolute atomic E-state index is 11.9. The summed E-state index contributed by atoms with van der Waals surface area (Å²) in [6.07, 6.45) is -0.802. The van der Waals surface area contributed by atoms with Gasteiger partial charge in [-0.3, -0.25) is 4.79 Å². The van der Waals surface area contributed by atoms with Gasteiger partial charge in [0.25, 0.3) is 5.91 Å². The summed E-state index contributed by atoms with van der Waals surface area (Å²) in [6, 6.07) is 14.2. The maximum atomic E-state index is 11.9. The highest BCUT2D eigenvalue weighted by atomic mass is 16.6. The van der Waals surface area contributed by atoms with Gasteiger partial charge in [-0.15, -0.1) is 0 Å². The molecular weight excluding hydrogens is 282 g/mol. The summed E-state index contributed by atoms with van der Waals surface area (Å²) in [7, 11) is 0. The molecule has 1 aliphatic rings. The van der Waals surface area contributed by atoms with E-state index in [0.717, 1.165) is 0 Å². The molecule has 2 N–H and O–H groups in total. The maximum Gasteiger partial charge on any atom is 0.251 e. The standard InChI is InChI=1S/C17H17NO4/c19-14(11-18-17(20)12-4-2-1-3-5-12)13-6-7-15-16(10-13)22-9-8-21-15/h1-7,10,14,19H,8-9,11H2,(H,18,20)/t14-/m1/s1. The van der Waals surface area contributed by atoms with E-state index in [1.165, 1.54) is 0 Å². The highest BCUT2D eigenvalue weighted by molar-refractivity contribution is 5.94. The van der Waals surface area contributed by atoms with E-state index in [1.807, 2.05) is 6.07 Å². The summed E-state index contributed by atoms with van der Waals surface area (Å²) in [5.41, 5.74) is 1.24. The Kier molecular flexibility index (Phi) is 4.25. The molecule has 1 aliphatic heterocycles. The molecule has 114 valence electrons. The van der Waals surface area contributed by atoms with Gasteiger partial charge in [0.2, 0.25) is 0 Å². The van der Waals surface area contributed by atoms with Crippen LogP contribution in [0.3, 0.4) is 0 Å². The first-order chi connectivity index (χ1) is 10.7. The number of carbonyl (C=O) groups is 1. The zero-order valence-electron chi connectivity index (χ0n) is 12.0. The van der Waals surface area contributed by atoms with Crippen molar-refractivity contribution < 1.29 is 19.4 Å². The molecule has 0 saturated carbocycles. The molecular formula is C17H17NO4. The van der Waals surface area contributed by atoms with Crippen LogP contribution in [0.4, 0.5) is 0 Å². The van der Waals surface area contributed by atoms with E-state index in [2.05, 4.69) is 5.32 Å². The van der Waals surface area contributed by atoms with Crippen LogP contribution < -0.4 is 14.8 Å². The molecule has 0 aromatic heterocycles. The minimum atomic E-state index is -0.802. The van der Waals surface area contributed by atoms with Crippen molar-refractivity contribution >= 4 is 5.91 Å². The lowest BCUT2D eigenvalue weighted by Crippen LogP contribution is -2.28. The molecule has 0 fully saturated rings. The van der Waals surface area contributed by atoms with Crippen LogP contribution in [0.25, 0.3) is 0 Å². The van der Waals surface area contributed by atoms with E-state index in [-0.39, 0.29) is 12.5 Å². The van der Waals surface area contributed by atoms with Gasteiger partial charge in [0.05, 0.1) is 6.10 Å². The molecule has 5 heteroatoms. The number of hydrogen-bond acceptors (Lipinski definition) is 4. The molecule has 0 bridgehead atoms. The number of aliphatic hydroxyl groups is 1. The minimum absolute atomic E-state index is 0.132. The Labute approximate surface area is 128 Å². The largest absolute Gasteiger partial charge is 0.486 e. The van der Waals surface area contributed by atoms with Crippen molar-refractivity contribution in [3.63, 3.8) is 0 Å². The molecule has 1 amide bonds. The Morgan fingerprint density at radius 3 is 2.59 bits per heavy atom. The predicted octanol–water partition coefficient (Wildman–Crippen LogP) is 1.92. The number of benzene rings is 2. The van der Waals surface area contributed by atoms with Crippen LogP contribution in [0.1, 0.15) is 22.0 Å². The van der Waals surface area contributed by atoms with Crippen LogP contribution in [-0.2, 0) is 0 Å². The van der Waals surface area contributed by atoms with Gasteiger partial charge in [0.15, 0.2) is 11.5 Å². The van der Waals surface area contributed by atoms with Gasteiger partial charge < -0.3 is 19.9 Å². The van der Waals surface area contributed by atoms with Gasteiger partial charge in [0, 0.05) is 12.1 Å². The molecule has 0 radical (unpaired) electrons. The number of fused-ring (bicyclic) bond motifs is 1. The topological polar surface area (TPSA) is 67.8 Å². The van der Waals surface area contributed by atoms with E-state index in [9.17, 15) is 9.90 Å². The highest BCUT2D eigenvalue weighted by Gasteiger charge is 2.16. The molecule has 0 aliphatic carbocycles. The number of amides is 1. The van der Waals surface area contributed by atoms with Crippen molar-refractivity contribution in [2.24, 2.45) is 0 Å². The Morgan fingerprint density at radius 1 is 1.09 bits per heavy atom. The van der Waals surface area contributed by atoms with Crippen molar-refractivity contribution in [3.8, 4) is 11.5 Å². The second kappa shape index (κ2) is 6.49. The second-order valence-electron chi connectivity index (χ2n) is 4.99. The zero-order valence-corrected chi connectivity index (χ0v) is 12.0. The van der Waals surface area contributed by atoms with E-state index in [4.69, 9.17) is 9.47 Å². The second-order valence-corrected chi connectivity index (χ2v) is 4.99. The van der Waals surface area contributed by atoms with Crippen LogP contribution >= 0.6 is 0 Å². The van der Waals surface area contributed by atoms with E-state index >= 15 is 0 Å². The average molecular weight is 299 g/mol. The van der Waals surface area contributed by atoms with Gasteiger partial charge in [-0.05, 0) is 29.8 Å². The molecule has 22 heavy (non-hydrogen) atoms. The van der Waals surface area contributed by atoms with Crippen molar-refractivity contribution in [1.29, 1.82) is 0 Å². The summed E-state index contributed by atoms with van der Waals surface area (Å²) in [6.45, 7) is 1.16. The summed E-state index contributed by atoms with van der Waals surface area (Å²) >= 11 is 0. The Hall–Kier alpha value is -2.53. The fourth-order valence-electron chi connectivity index (χ4n) is 2.27. The first-order valence-corrected chi connectivity index (χ1v) is 7.15. The molecule has 2 aromatic carbocycles. The average Bonchev–Trinajstić information content (AvgIpc) is 2.59. The smallest absolute Gasteiger partial charge is 0.251 e. The van der Waals surface area contributed by atoms with Gasteiger partial charge in [-0.25, -0.2) is 0 Å². The van der Waals surface area contributed by atoms with Crippen LogP contribution in [-0.4, -0.2) is 30.8 Å². The molecule has 2 aromatic rings. The highest BCUT2D eigenvalue weighted by Crippen LogP contribution is 2.32. The summed E-state index contributed by atoms with van der Waals surface area (Å²) in [5.74, 6) is 1.09. The third-order valence-electron chi connectivity index (χ3n) is 3.44. The van der Waals surface area contributed by atoms with E-state index in [0.29, 0.717) is 35.8 Å². The summed E-state index contributed by atoms with van der Waals surface area (Å²) in [4.78, 5) is 11.9. The third kappa shape index (κ3) is 3.20. The molecule has 0 unspecified atom stereocenters. The summed E-state index contributed by atoms with van der Waals surface area (Å²) < 4.78 is 10.9. The van der Waals surface area contributed by atoms with Crippen molar-refractivity contribution in [3.05, 3.63) is 59.7 Å². The predicted molar refractivity (Wildman–Crippen MR) is 81.2 cm³/mol. The molecule has 1 heterocycles. The first kappa shape index (κ1) is 14.4. The molecule has 3 rings (SSSR count). The molecule has 0 saturated heterocycles. The minimum Gasteiger partial charge on any atom is -0.486 e. The molecule has 0 spiro atoms. The SMILES string of the molecule is O=C(NC[C@@H](O)c1ccc2c(c1)OCCO2)c1ccccc1. The van der Waals surface area contributed by atoms with Gasteiger partial charge in [-0.1, -0.05) is 24.3 Å². The number of nitrogens with one attached hydrogen (secondary N) is 1. The lowest BCUT2D eigenvalue weighted by molar-refractivity contribution is 0.0916. The zero-order chi connectivity index (χ0) is 15.4. The van der Waals surface area contributed by atoms with Crippen LogP contribution in [0.2, 0.25) is 0 Å². The van der Waals surface area contributed by atoms with Gasteiger partial charge in [-0.2, -0.15) is 0 Å². The number of rotatable bonds is 4. The van der Waals surface area contributed by atoms with Crippen LogP contribution in [0, 0.1) is 0 Å². The molecule has 5 nitrogen and oxygen atoms in total. The van der Waals surface area contributed by atoms with Crippen molar-refractivity contribution in [2.75, 3.05) is 19.8 Å². The fourth-order valence-corrected chi connectivity index (χ4v) is 2.27. The number of hydrogen-bond donors (Lipinski definition) is 2. The number of aliphatic hydroxyl groups excluding tert-OH is 1. The normalized spacial score (nSPS) is 14.2. The quantitative estimate of drug-likeness (QED) is 0.905. The van der Waals surface area contributed by atoms with Crippen LogP contribution in [0.5, 0.6) is 11.5 Å². The van der Waals surface area contributed by atoms with Crippen molar-refractivity contribution in [2.45, 2.75) is 6.10 Å².